The molecule has 0 aliphatic carbocycles. The third kappa shape index (κ3) is 5.11. The van der Waals surface area contributed by atoms with Crippen molar-refractivity contribution in [2.75, 3.05) is 7.11 Å². The van der Waals surface area contributed by atoms with Crippen molar-refractivity contribution < 1.29 is 9.53 Å². The minimum atomic E-state index is -0.389. The fraction of sp³-hybridized carbons (Fsp3) is 0.304. The fourth-order valence-corrected chi connectivity index (χ4v) is 3.32. The molecule has 0 aliphatic rings. The highest BCUT2D eigenvalue weighted by atomic mass is 16.5. The predicted molar refractivity (Wildman–Crippen MR) is 115 cm³/mol. The molecule has 2 N–H and O–H groups in total. The molecule has 0 saturated heterocycles. The van der Waals surface area contributed by atoms with E-state index >= 15 is 0 Å². The maximum atomic E-state index is 12.7. The molecule has 1 amide bonds. The Bertz CT molecular complexity index is 1080. The van der Waals surface area contributed by atoms with Gasteiger partial charge in [-0.05, 0) is 42.2 Å². The van der Waals surface area contributed by atoms with Gasteiger partial charge in [0.1, 0.15) is 11.6 Å². The number of rotatable bonds is 7. The summed E-state index contributed by atoms with van der Waals surface area (Å²) in [6.45, 7) is 5.91. The SMILES string of the molecule is COc1ccc(CC(=O)NC(c2cc(=O)[nH]c(-c3ccncc3)n2)C(C)C)cc1C. The van der Waals surface area contributed by atoms with Gasteiger partial charge < -0.3 is 15.0 Å². The van der Waals surface area contributed by atoms with Gasteiger partial charge >= 0.3 is 0 Å². The molecule has 30 heavy (non-hydrogen) atoms. The van der Waals surface area contributed by atoms with Gasteiger partial charge in [-0.2, -0.15) is 0 Å². The van der Waals surface area contributed by atoms with Crippen LogP contribution in [0.15, 0.2) is 53.6 Å². The van der Waals surface area contributed by atoms with Crippen LogP contribution in [0.2, 0.25) is 0 Å². The van der Waals surface area contributed by atoms with Crippen molar-refractivity contribution in [3.8, 4) is 17.1 Å². The number of H-pyrrole nitrogens is 1. The number of nitrogens with zero attached hydrogens (tertiary/aromatic N) is 2. The molecule has 1 aromatic carbocycles. The van der Waals surface area contributed by atoms with Crippen LogP contribution in [0.3, 0.4) is 0 Å². The quantitative estimate of drug-likeness (QED) is 0.628. The summed E-state index contributed by atoms with van der Waals surface area (Å²) >= 11 is 0. The second kappa shape index (κ2) is 9.35. The van der Waals surface area contributed by atoms with E-state index in [9.17, 15) is 9.59 Å². The number of hydrogen-bond acceptors (Lipinski definition) is 5. The van der Waals surface area contributed by atoms with E-state index in [1.54, 1.807) is 31.6 Å². The molecule has 156 valence electrons. The van der Waals surface area contributed by atoms with Crippen molar-refractivity contribution in [1.82, 2.24) is 20.3 Å². The van der Waals surface area contributed by atoms with Gasteiger partial charge in [-0.15, -0.1) is 0 Å². The number of pyridine rings is 1. The molecule has 7 heteroatoms. The van der Waals surface area contributed by atoms with Crippen molar-refractivity contribution in [3.63, 3.8) is 0 Å². The Morgan fingerprint density at radius 3 is 2.53 bits per heavy atom. The molecule has 0 saturated carbocycles. The Balaban J connectivity index is 1.82. The van der Waals surface area contributed by atoms with Crippen LogP contribution >= 0.6 is 0 Å². The molecule has 0 radical (unpaired) electrons. The first-order valence-corrected chi connectivity index (χ1v) is 9.82. The monoisotopic (exact) mass is 406 g/mol. The van der Waals surface area contributed by atoms with Gasteiger partial charge in [-0.25, -0.2) is 4.98 Å². The summed E-state index contributed by atoms with van der Waals surface area (Å²) in [5.74, 6) is 1.15. The maximum absolute atomic E-state index is 12.7. The molecule has 0 spiro atoms. The van der Waals surface area contributed by atoms with Crippen LogP contribution in [0.5, 0.6) is 5.75 Å². The van der Waals surface area contributed by atoms with Crippen molar-refractivity contribution in [2.45, 2.75) is 33.2 Å². The largest absolute Gasteiger partial charge is 0.496 e. The van der Waals surface area contributed by atoms with Gasteiger partial charge in [0.25, 0.3) is 5.56 Å². The Hall–Kier alpha value is -3.48. The number of amides is 1. The lowest BCUT2D eigenvalue weighted by molar-refractivity contribution is -0.121. The summed E-state index contributed by atoms with van der Waals surface area (Å²) in [4.78, 5) is 36.3. The maximum Gasteiger partial charge on any atom is 0.251 e. The van der Waals surface area contributed by atoms with E-state index in [-0.39, 0.29) is 29.8 Å². The highest BCUT2D eigenvalue weighted by molar-refractivity contribution is 5.79. The van der Waals surface area contributed by atoms with Gasteiger partial charge in [0.2, 0.25) is 5.91 Å². The number of hydrogen-bond donors (Lipinski definition) is 2. The van der Waals surface area contributed by atoms with E-state index in [1.807, 2.05) is 39.0 Å². The van der Waals surface area contributed by atoms with Gasteiger partial charge in [-0.3, -0.25) is 14.6 Å². The minimum absolute atomic E-state index is 0.0474. The summed E-state index contributed by atoms with van der Waals surface area (Å²) in [6.07, 6.45) is 3.51. The zero-order valence-corrected chi connectivity index (χ0v) is 17.6. The molecule has 0 aliphatic heterocycles. The summed E-state index contributed by atoms with van der Waals surface area (Å²) in [5, 5.41) is 3.04. The number of nitrogens with one attached hydrogen (secondary N) is 2. The van der Waals surface area contributed by atoms with Crippen LogP contribution < -0.4 is 15.6 Å². The molecule has 0 bridgehead atoms. The van der Waals surface area contributed by atoms with E-state index in [4.69, 9.17) is 4.74 Å². The molecule has 7 nitrogen and oxygen atoms in total. The smallest absolute Gasteiger partial charge is 0.251 e. The van der Waals surface area contributed by atoms with E-state index in [0.717, 1.165) is 22.4 Å². The first-order valence-electron chi connectivity index (χ1n) is 9.82. The van der Waals surface area contributed by atoms with Crippen LogP contribution in [-0.4, -0.2) is 28.0 Å². The first kappa shape index (κ1) is 21.2. The molecule has 1 unspecified atom stereocenters. The number of carbonyl (C=O) groups excluding carboxylic acids is 1. The van der Waals surface area contributed by atoms with Crippen LogP contribution in [0.1, 0.15) is 36.7 Å². The van der Waals surface area contributed by atoms with Crippen LogP contribution in [0.25, 0.3) is 11.4 Å². The second-order valence-corrected chi connectivity index (χ2v) is 7.52. The molecular formula is C23H26N4O3. The average Bonchev–Trinajstić information content (AvgIpc) is 2.72. The number of ether oxygens (including phenoxy) is 1. The Labute approximate surface area is 175 Å². The van der Waals surface area contributed by atoms with Gasteiger partial charge in [0.15, 0.2) is 0 Å². The van der Waals surface area contributed by atoms with Gasteiger partial charge in [-0.1, -0.05) is 26.0 Å². The second-order valence-electron chi connectivity index (χ2n) is 7.52. The third-order valence-electron chi connectivity index (χ3n) is 4.84. The third-order valence-corrected chi connectivity index (χ3v) is 4.84. The van der Waals surface area contributed by atoms with Gasteiger partial charge in [0, 0.05) is 24.0 Å². The lowest BCUT2D eigenvalue weighted by Gasteiger charge is -2.22. The number of aryl methyl sites for hydroxylation is 1. The van der Waals surface area contributed by atoms with E-state index in [1.165, 1.54) is 6.07 Å². The Morgan fingerprint density at radius 2 is 1.90 bits per heavy atom. The summed E-state index contributed by atoms with van der Waals surface area (Å²) in [6, 6.07) is 10.3. The Kier molecular flexibility index (Phi) is 6.61. The molecule has 1 atom stereocenters. The minimum Gasteiger partial charge on any atom is -0.496 e. The number of benzene rings is 1. The van der Waals surface area contributed by atoms with Crippen LogP contribution in [-0.2, 0) is 11.2 Å². The van der Waals surface area contributed by atoms with Crippen LogP contribution in [0.4, 0.5) is 0 Å². The lowest BCUT2D eigenvalue weighted by atomic mass is 9.99. The highest BCUT2D eigenvalue weighted by Crippen LogP contribution is 2.22. The molecule has 2 aromatic heterocycles. The number of carbonyl (C=O) groups is 1. The molecule has 3 rings (SSSR count). The van der Waals surface area contributed by atoms with Crippen molar-refractivity contribution in [3.05, 3.63) is 76.0 Å². The van der Waals surface area contributed by atoms with E-state index < -0.39 is 0 Å². The lowest BCUT2D eigenvalue weighted by Crippen LogP contribution is -2.34. The highest BCUT2D eigenvalue weighted by Gasteiger charge is 2.21. The summed E-state index contributed by atoms with van der Waals surface area (Å²) in [5.41, 5.74) is 2.88. The number of methoxy groups -OCH3 is 1. The molecule has 2 heterocycles. The fourth-order valence-electron chi connectivity index (χ4n) is 3.32. The average molecular weight is 406 g/mol. The zero-order chi connectivity index (χ0) is 21.7. The molecule has 0 fully saturated rings. The van der Waals surface area contributed by atoms with Crippen molar-refractivity contribution in [1.29, 1.82) is 0 Å². The summed E-state index contributed by atoms with van der Waals surface area (Å²) in [7, 11) is 1.62. The van der Waals surface area contributed by atoms with Crippen LogP contribution in [0, 0.1) is 12.8 Å². The zero-order valence-electron chi connectivity index (χ0n) is 17.6. The number of aromatic nitrogens is 3. The Morgan fingerprint density at radius 1 is 1.17 bits per heavy atom. The number of aromatic amines is 1. The van der Waals surface area contributed by atoms with Crippen molar-refractivity contribution >= 4 is 5.91 Å². The normalized spacial score (nSPS) is 11.9. The predicted octanol–water partition coefficient (Wildman–Crippen LogP) is 3.20. The standard InChI is InChI=1S/C23H26N4O3/c1-14(2)22(26-20(28)12-16-5-6-19(30-4)15(3)11-16)18-13-21(29)27-23(25-18)17-7-9-24-10-8-17/h5-11,13-14,22H,12H2,1-4H3,(H,26,28)(H,25,27,29). The molecular weight excluding hydrogens is 380 g/mol. The van der Waals surface area contributed by atoms with E-state index in [2.05, 4.69) is 20.3 Å². The van der Waals surface area contributed by atoms with Gasteiger partial charge in [0.05, 0.1) is 25.3 Å². The van der Waals surface area contributed by atoms with Crippen molar-refractivity contribution in [2.24, 2.45) is 5.92 Å². The first-order chi connectivity index (χ1) is 14.4. The summed E-state index contributed by atoms with van der Waals surface area (Å²) < 4.78 is 5.27. The topological polar surface area (TPSA) is 97.0 Å². The molecule has 3 aromatic rings. The van der Waals surface area contributed by atoms with E-state index in [0.29, 0.717) is 11.5 Å².